The van der Waals surface area contributed by atoms with E-state index in [4.69, 9.17) is 4.74 Å². The molecular weight excluding hydrogens is 228 g/mol. The Bertz CT molecular complexity index is 533. The molecule has 94 valence electrons. The fourth-order valence-corrected chi connectivity index (χ4v) is 1.75. The van der Waals surface area contributed by atoms with Crippen molar-refractivity contribution in [2.24, 2.45) is 0 Å². The van der Waals surface area contributed by atoms with Crippen LogP contribution in [0.25, 0.3) is 0 Å². The molecule has 0 N–H and O–H groups in total. The standard InChI is InChI=1S/C14H16N2O2/c1-11-3-4-13(12(2)9-11)18-8-5-14(17)16-7-6-15-10-16/h3-4,6-7,9-10H,5,8H2,1-2H3. The summed E-state index contributed by atoms with van der Waals surface area (Å²) in [5.74, 6) is 0.816. The van der Waals surface area contributed by atoms with Gasteiger partial charge in [-0.2, -0.15) is 0 Å². The summed E-state index contributed by atoms with van der Waals surface area (Å²) in [6.45, 7) is 4.42. The van der Waals surface area contributed by atoms with E-state index < -0.39 is 0 Å². The first kappa shape index (κ1) is 12.4. The Morgan fingerprint density at radius 3 is 2.89 bits per heavy atom. The van der Waals surface area contributed by atoms with Crippen molar-refractivity contribution < 1.29 is 9.53 Å². The van der Waals surface area contributed by atoms with Gasteiger partial charge in [0.05, 0.1) is 13.0 Å². The van der Waals surface area contributed by atoms with Gasteiger partial charge in [0, 0.05) is 12.4 Å². The molecular formula is C14H16N2O2. The van der Waals surface area contributed by atoms with Gasteiger partial charge in [-0.3, -0.25) is 9.36 Å². The number of carbonyl (C=O) groups excluding carboxylic acids is 1. The maximum atomic E-state index is 11.7. The van der Waals surface area contributed by atoms with Crippen LogP contribution in [-0.4, -0.2) is 22.1 Å². The van der Waals surface area contributed by atoms with Crippen LogP contribution in [0.15, 0.2) is 36.9 Å². The van der Waals surface area contributed by atoms with Crippen LogP contribution in [-0.2, 0) is 0 Å². The molecule has 1 heterocycles. The normalized spacial score (nSPS) is 10.3. The molecule has 18 heavy (non-hydrogen) atoms. The van der Waals surface area contributed by atoms with Crippen LogP contribution < -0.4 is 4.74 Å². The molecule has 0 aliphatic heterocycles. The Morgan fingerprint density at radius 2 is 2.22 bits per heavy atom. The zero-order valence-electron chi connectivity index (χ0n) is 10.6. The quantitative estimate of drug-likeness (QED) is 0.830. The number of aromatic nitrogens is 2. The lowest BCUT2D eigenvalue weighted by Gasteiger charge is -2.09. The van der Waals surface area contributed by atoms with E-state index in [0.717, 1.165) is 11.3 Å². The molecule has 1 aromatic heterocycles. The van der Waals surface area contributed by atoms with Crippen LogP contribution >= 0.6 is 0 Å². The Morgan fingerprint density at radius 1 is 1.39 bits per heavy atom. The molecule has 0 fully saturated rings. The summed E-state index contributed by atoms with van der Waals surface area (Å²) in [5, 5.41) is 0. The summed E-state index contributed by atoms with van der Waals surface area (Å²) in [6, 6.07) is 6.00. The lowest BCUT2D eigenvalue weighted by molar-refractivity contribution is 0.0881. The third kappa shape index (κ3) is 2.97. The predicted molar refractivity (Wildman–Crippen MR) is 68.9 cm³/mol. The van der Waals surface area contributed by atoms with Gasteiger partial charge in [-0.15, -0.1) is 0 Å². The number of ether oxygens (including phenoxy) is 1. The van der Waals surface area contributed by atoms with Gasteiger partial charge >= 0.3 is 0 Å². The molecule has 0 unspecified atom stereocenters. The summed E-state index contributed by atoms with van der Waals surface area (Å²) >= 11 is 0. The van der Waals surface area contributed by atoms with E-state index >= 15 is 0 Å². The van der Waals surface area contributed by atoms with Crippen LogP contribution in [0.2, 0.25) is 0 Å². The van der Waals surface area contributed by atoms with Crippen molar-refractivity contribution in [1.82, 2.24) is 9.55 Å². The van der Waals surface area contributed by atoms with E-state index in [9.17, 15) is 4.79 Å². The van der Waals surface area contributed by atoms with Crippen molar-refractivity contribution in [3.8, 4) is 5.75 Å². The Balaban J connectivity index is 1.87. The summed E-state index contributed by atoms with van der Waals surface area (Å²) in [6.07, 6.45) is 5.06. The van der Waals surface area contributed by atoms with Gasteiger partial charge in [0.15, 0.2) is 0 Å². The second-order valence-corrected chi connectivity index (χ2v) is 4.23. The Kier molecular flexibility index (Phi) is 3.77. The lowest BCUT2D eigenvalue weighted by Crippen LogP contribution is -2.12. The highest BCUT2D eigenvalue weighted by Crippen LogP contribution is 2.18. The Hall–Kier alpha value is -2.10. The highest BCUT2D eigenvalue weighted by molar-refractivity contribution is 5.78. The minimum Gasteiger partial charge on any atom is -0.493 e. The van der Waals surface area contributed by atoms with Gasteiger partial charge in [0.1, 0.15) is 12.1 Å². The predicted octanol–water partition coefficient (Wildman–Crippen LogP) is 2.61. The SMILES string of the molecule is Cc1ccc(OCCC(=O)n2ccnc2)c(C)c1. The molecule has 0 bridgehead atoms. The number of benzene rings is 1. The zero-order valence-corrected chi connectivity index (χ0v) is 10.6. The van der Waals surface area contributed by atoms with Crippen LogP contribution in [0.4, 0.5) is 0 Å². The minimum atomic E-state index is -0.0164. The van der Waals surface area contributed by atoms with Crippen molar-refractivity contribution in [2.75, 3.05) is 6.61 Å². The number of aryl methyl sites for hydroxylation is 2. The first-order chi connectivity index (χ1) is 8.66. The molecule has 2 aromatic rings. The molecule has 0 spiro atoms. The van der Waals surface area contributed by atoms with Gasteiger partial charge < -0.3 is 4.74 Å². The third-order valence-electron chi connectivity index (χ3n) is 2.70. The molecule has 0 saturated heterocycles. The van der Waals surface area contributed by atoms with E-state index in [1.807, 2.05) is 26.0 Å². The monoisotopic (exact) mass is 244 g/mol. The highest BCUT2D eigenvalue weighted by atomic mass is 16.5. The van der Waals surface area contributed by atoms with Gasteiger partial charge in [-0.25, -0.2) is 4.98 Å². The van der Waals surface area contributed by atoms with Crippen molar-refractivity contribution >= 4 is 5.91 Å². The van der Waals surface area contributed by atoms with Crippen LogP contribution in [0.5, 0.6) is 5.75 Å². The number of hydrogen-bond donors (Lipinski definition) is 0. The van der Waals surface area contributed by atoms with Crippen molar-refractivity contribution in [1.29, 1.82) is 0 Å². The molecule has 2 rings (SSSR count). The van der Waals surface area contributed by atoms with Crippen LogP contribution in [0.1, 0.15) is 22.3 Å². The minimum absolute atomic E-state index is 0.0164. The molecule has 4 heteroatoms. The number of imidazole rings is 1. The smallest absolute Gasteiger partial charge is 0.235 e. The van der Waals surface area contributed by atoms with Gasteiger partial charge in [0.25, 0.3) is 0 Å². The molecule has 4 nitrogen and oxygen atoms in total. The first-order valence-corrected chi connectivity index (χ1v) is 5.88. The van der Waals surface area contributed by atoms with Gasteiger partial charge in [-0.05, 0) is 25.5 Å². The lowest BCUT2D eigenvalue weighted by atomic mass is 10.1. The van der Waals surface area contributed by atoms with E-state index in [1.165, 1.54) is 16.5 Å². The summed E-state index contributed by atoms with van der Waals surface area (Å²) in [5.41, 5.74) is 2.29. The molecule has 0 aliphatic rings. The first-order valence-electron chi connectivity index (χ1n) is 5.88. The van der Waals surface area contributed by atoms with Crippen LogP contribution in [0.3, 0.4) is 0 Å². The number of nitrogens with zero attached hydrogens (tertiary/aromatic N) is 2. The molecule has 0 radical (unpaired) electrons. The van der Waals surface area contributed by atoms with Gasteiger partial charge in [-0.1, -0.05) is 17.7 Å². The highest BCUT2D eigenvalue weighted by Gasteiger charge is 2.05. The third-order valence-corrected chi connectivity index (χ3v) is 2.70. The largest absolute Gasteiger partial charge is 0.493 e. The second-order valence-electron chi connectivity index (χ2n) is 4.23. The molecule has 0 atom stereocenters. The fourth-order valence-electron chi connectivity index (χ4n) is 1.75. The summed E-state index contributed by atoms with van der Waals surface area (Å²) in [7, 11) is 0. The molecule has 0 aliphatic carbocycles. The van der Waals surface area contributed by atoms with Crippen molar-refractivity contribution in [3.05, 3.63) is 48.0 Å². The van der Waals surface area contributed by atoms with E-state index in [2.05, 4.69) is 11.1 Å². The number of hydrogen-bond acceptors (Lipinski definition) is 3. The number of rotatable bonds is 4. The molecule has 0 saturated carbocycles. The fraction of sp³-hybridized carbons (Fsp3) is 0.286. The summed E-state index contributed by atoms with van der Waals surface area (Å²) < 4.78 is 7.07. The average Bonchev–Trinajstić information content (AvgIpc) is 2.85. The van der Waals surface area contributed by atoms with Crippen molar-refractivity contribution in [3.63, 3.8) is 0 Å². The average molecular weight is 244 g/mol. The van der Waals surface area contributed by atoms with Crippen LogP contribution in [0, 0.1) is 13.8 Å². The van der Waals surface area contributed by atoms with E-state index in [1.54, 1.807) is 12.4 Å². The van der Waals surface area contributed by atoms with E-state index in [0.29, 0.717) is 13.0 Å². The maximum absolute atomic E-state index is 11.7. The maximum Gasteiger partial charge on any atom is 0.235 e. The van der Waals surface area contributed by atoms with Crippen molar-refractivity contribution in [2.45, 2.75) is 20.3 Å². The Labute approximate surface area is 106 Å². The zero-order chi connectivity index (χ0) is 13.0. The van der Waals surface area contributed by atoms with Gasteiger partial charge in [0.2, 0.25) is 5.91 Å². The van der Waals surface area contributed by atoms with E-state index in [-0.39, 0.29) is 5.91 Å². The molecule has 0 amide bonds. The number of carbonyl (C=O) groups is 1. The topological polar surface area (TPSA) is 44.1 Å². The molecule has 1 aromatic carbocycles. The summed E-state index contributed by atoms with van der Waals surface area (Å²) in [4.78, 5) is 15.5. The second kappa shape index (κ2) is 5.49.